The van der Waals surface area contributed by atoms with E-state index in [0.717, 1.165) is 21.2 Å². The van der Waals surface area contributed by atoms with Crippen LogP contribution in [0.2, 0.25) is 0 Å². The molecule has 2 aromatic carbocycles. The number of ether oxygens (including phenoxy) is 1. The maximum absolute atomic E-state index is 12.6. The van der Waals surface area contributed by atoms with E-state index in [0.29, 0.717) is 12.8 Å². The number of amides is 2. The first-order valence-electron chi connectivity index (χ1n) is 9.23. The smallest absolute Gasteiger partial charge is 0.329 e. The molecule has 1 saturated heterocycles. The molecule has 0 aromatic heterocycles. The molecule has 0 N–H and O–H groups in total. The fourth-order valence-corrected chi connectivity index (χ4v) is 4.00. The zero-order valence-electron chi connectivity index (χ0n) is 15.1. The normalized spacial score (nSPS) is 22.8. The molecule has 3 atom stereocenters. The summed E-state index contributed by atoms with van der Waals surface area (Å²) in [5.74, 6) is -1.75. The fraction of sp³-hybridized carbons (Fsp3) is 0.318. The highest BCUT2D eigenvalue weighted by molar-refractivity contribution is 6.08. The van der Waals surface area contributed by atoms with Gasteiger partial charge in [0.1, 0.15) is 12.6 Å². The minimum atomic E-state index is -0.912. The maximum atomic E-state index is 12.6. The van der Waals surface area contributed by atoms with Crippen molar-refractivity contribution >= 4 is 28.6 Å². The third-order valence-corrected chi connectivity index (χ3v) is 5.52. The van der Waals surface area contributed by atoms with Crippen LogP contribution in [-0.4, -0.2) is 28.7 Å². The number of fused-ring (bicyclic) bond motifs is 2. The zero-order valence-corrected chi connectivity index (χ0v) is 15.1. The second kappa shape index (κ2) is 6.99. The quantitative estimate of drug-likeness (QED) is 0.475. The second-order valence-corrected chi connectivity index (χ2v) is 7.12. The zero-order chi connectivity index (χ0) is 19.0. The molecule has 1 heterocycles. The first-order valence-corrected chi connectivity index (χ1v) is 9.23. The molecule has 1 fully saturated rings. The largest absolute Gasteiger partial charge is 0.459 e. The minimum absolute atomic E-state index is 0.106. The van der Waals surface area contributed by atoms with Gasteiger partial charge in [0, 0.05) is 0 Å². The maximum Gasteiger partial charge on any atom is 0.329 e. The Hall–Kier alpha value is -2.95. The highest BCUT2D eigenvalue weighted by atomic mass is 16.5. The number of carbonyl (C=O) groups is 3. The van der Waals surface area contributed by atoms with Crippen molar-refractivity contribution in [1.82, 2.24) is 4.90 Å². The Kier molecular flexibility index (Phi) is 4.52. The van der Waals surface area contributed by atoms with Crippen LogP contribution in [0.15, 0.2) is 54.6 Å². The Morgan fingerprint density at radius 1 is 1.04 bits per heavy atom. The molecular formula is C22H21NO4. The van der Waals surface area contributed by atoms with Crippen molar-refractivity contribution in [3.63, 3.8) is 0 Å². The molecule has 2 aliphatic rings. The number of rotatable bonds is 4. The van der Waals surface area contributed by atoms with Crippen molar-refractivity contribution in [3.8, 4) is 0 Å². The van der Waals surface area contributed by atoms with Crippen LogP contribution in [0.1, 0.15) is 25.3 Å². The lowest BCUT2D eigenvalue weighted by molar-refractivity contribution is -0.159. The summed E-state index contributed by atoms with van der Waals surface area (Å²) >= 11 is 0. The summed E-state index contributed by atoms with van der Waals surface area (Å²) in [5.41, 5.74) is 0.894. The molecule has 1 aliphatic heterocycles. The monoisotopic (exact) mass is 363 g/mol. The number of esters is 1. The van der Waals surface area contributed by atoms with E-state index in [4.69, 9.17) is 4.74 Å². The lowest BCUT2D eigenvalue weighted by atomic mass is 9.85. The number of hydrogen-bond acceptors (Lipinski definition) is 4. The molecule has 4 rings (SSSR count). The molecule has 5 nitrogen and oxygen atoms in total. The van der Waals surface area contributed by atoms with Gasteiger partial charge in [0.15, 0.2) is 0 Å². The predicted octanol–water partition coefficient (Wildman–Crippen LogP) is 3.22. The minimum Gasteiger partial charge on any atom is -0.459 e. The summed E-state index contributed by atoms with van der Waals surface area (Å²) in [5, 5.41) is 2.09. The molecule has 5 heteroatoms. The molecule has 0 saturated carbocycles. The molecular weight excluding hydrogens is 342 g/mol. The molecule has 2 aromatic rings. The van der Waals surface area contributed by atoms with Gasteiger partial charge in [-0.25, -0.2) is 4.79 Å². The average molecular weight is 363 g/mol. The van der Waals surface area contributed by atoms with E-state index in [-0.39, 0.29) is 30.3 Å². The molecule has 0 unspecified atom stereocenters. The summed E-state index contributed by atoms with van der Waals surface area (Å²) < 4.78 is 5.46. The van der Waals surface area contributed by atoms with Crippen molar-refractivity contribution in [2.75, 3.05) is 0 Å². The van der Waals surface area contributed by atoms with Crippen LogP contribution in [0.5, 0.6) is 0 Å². The van der Waals surface area contributed by atoms with Gasteiger partial charge in [0.05, 0.1) is 11.8 Å². The summed E-state index contributed by atoms with van der Waals surface area (Å²) in [6.45, 7) is 1.67. The van der Waals surface area contributed by atoms with Crippen LogP contribution in [0, 0.1) is 11.8 Å². The van der Waals surface area contributed by atoms with E-state index in [2.05, 4.69) is 0 Å². The summed E-state index contributed by atoms with van der Waals surface area (Å²) in [6, 6.07) is 12.8. The lowest BCUT2D eigenvalue weighted by Gasteiger charge is -2.21. The average Bonchev–Trinajstić information content (AvgIpc) is 2.96. The molecule has 0 bridgehead atoms. The standard InChI is InChI=1S/C22H21NO4/c1-14(23-20(24)18-11-4-5-12-19(18)21(23)25)22(26)27-13-16-9-6-8-15-7-2-3-10-17(15)16/h2-10,14,18-19H,11-13H2,1H3/t14-,18-,19-/m0/s1. The van der Waals surface area contributed by atoms with Gasteiger partial charge in [-0.3, -0.25) is 14.5 Å². The number of benzene rings is 2. The molecule has 1 aliphatic carbocycles. The van der Waals surface area contributed by atoms with Gasteiger partial charge in [-0.15, -0.1) is 0 Å². The van der Waals surface area contributed by atoms with Gasteiger partial charge >= 0.3 is 5.97 Å². The highest BCUT2D eigenvalue weighted by Gasteiger charge is 2.50. The van der Waals surface area contributed by atoms with Gasteiger partial charge in [-0.05, 0) is 36.1 Å². The van der Waals surface area contributed by atoms with Crippen LogP contribution < -0.4 is 0 Å². The second-order valence-electron chi connectivity index (χ2n) is 7.12. The Balaban J connectivity index is 1.47. The van der Waals surface area contributed by atoms with Gasteiger partial charge in [-0.1, -0.05) is 54.6 Å². The Morgan fingerprint density at radius 3 is 2.37 bits per heavy atom. The molecule has 2 amide bonds. The first kappa shape index (κ1) is 17.5. The fourth-order valence-electron chi connectivity index (χ4n) is 4.00. The van der Waals surface area contributed by atoms with Crippen molar-refractivity contribution in [3.05, 3.63) is 60.2 Å². The summed E-state index contributed by atoms with van der Waals surface area (Å²) in [6.07, 6.45) is 4.98. The lowest BCUT2D eigenvalue weighted by Crippen LogP contribution is -2.44. The SMILES string of the molecule is C[C@@H](C(=O)OCc1cccc2ccccc12)N1C(=O)[C@H]2CC=CC[C@@H]2C1=O. The number of allylic oxidation sites excluding steroid dienone is 2. The van der Waals surface area contributed by atoms with E-state index >= 15 is 0 Å². The number of nitrogens with zero attached hydrogens (tertiary/aromatic N) is 1. The predicted molar refractivity (Wildman–Crippen MR) is 100 cm³/mol. The molecule has 138 valence electrons. The molecule has 0 spiro atoms. The summed E-state index contributed by atoms with van der Waals surface area (Å²) in [7, 11) is 0. The third kappa shape index (κ3) is 3.03. The van der Waals surface area contributed by atoms with Crippen molar-refractivity contribution in [2.24, 2.45) is 11.8 Å². The Morgan fingerprint density at radius 2 is 1.67 bits per heavy atom. The van der Waals surface area contributed by atoms with E-state index < -0.39 is 12.0 Å². The number of carbonyl (C=O) groups excluding carboxylic acids is 3. The van der Waals surface area contributed by atoms with Crippen molar-refractivity contribution in [2.45, 2.75) is 32.4 Å². The Labute approximate surface area is 157 Å². The first-order chi connectivity index (χ1) is 13.1. The van der Waals surface area contributed by atoms with Gasteiger partial charge < -0.3 is 4.74 Å². The van der Waals surface area contributed by atoms with Crippen LogP contribution in [0.25, 0.3) is 10.8 Å². The van der Waals surface area contributed by atoms with Crippen LogP contribution in [0.3, 0.4) is 0 Å². The van der Waals surface area contributed by atoms with E-state index in [9.17, 15) is 14.4 Å². The van der Waals surface area contributed by atoms with Crippen LogP contribution >= 0.6 is 0 Å². The van der Waals surface area contributed by atoms with Gasteiger partial charge in [0.25, 0.3) is 0 Å². The van der Waals surface area contributed by atoms with Crippen molar-refractivity contribution in [1.29, 1.82) is 0 Å². The molecule has 0 radical (unpaired) electrons. The topological polar surface area (TPSA) is 63.7 Å². The summed E-state index contributed by atoms with van der Waals surface area (Å²) in [4.78, 5) is 38.9. The van der Waals surface area contributed by atoms with Gasteiger partial charge in [0.2, 0.25) is 11.8 Å². The number of likely N-dealkylation sites (tertiary alicyclic amines) is 1. The van der Waals surface area contributed by atoms with E-state index in [1.807, 2.05) is 54.6 Å². The van der Waals surface area contributed by atoms with Crippen LogP contribution in [0.4, 0.5) is 0 Å². The third-order valence-electron chi connectivity index (χ3n) is 5.52. The highest BCUT2D eigenvalue weighted by Crippen LogP contribution is 2.36. The molecule has 27 heavy (non-hydrogen) atoms. The number of hydrogen-bond donors (Lipinski definition) is 0. The van der Waals surface area contributed by atoms with Crippen LogP contribution in [-0.2, 0) is 25.7 Å². The van der Waals surface area contributed by atoms with E-state index in [1.165, 1.54) is 0 Å². The van der Waals surface area contributed by atoms with Gasteiger partial charge in [-0.2, -0.15) is 0 Å². The Bertz CT molecular complexity index is 917. The number of imide groups is 1. The van der Waals surface area contributed by atoms with E-state index in [1.54, 1.807) is 6.92 Å². The van der Waals surface area contributed by atoms with Crippen molar-refractivity contribution < 1.29 is 19.1 Å².